The minimum absolute atomic E-state index is 0.00366. The standard InChI is InChI=1S/C11H22O.C10H20O.C9H18O.C9H20O.C8H16O.2C8H18O.2C7H16O/c1-10(12-2)11-8-6-4-3-5-7-9-11;1-9(11-2)10-7-5-3-4-6-8-10;1-8(10-2)9-6-4-3-5-7-9;1-7(2)8(3)10-9(4,5)6;1-7(9-2)8-5-3-4-6-8;1-6(2)7(3)8(4)9-5;1-6(2)8(5)9-7(3)4;1-5-6(2)7(3)8-4;1-5-8-7(4)6(2)3/h10-11H,3-9H2,1-2H3;9-10H,3-8H2,1-2H3;8-9H,3-7H2,1-2H3;7-8H,1-6H3;7-8H,3-6H2,1-2H3;2*6-8H,1-5H3;2*6-7H,5H2,1-4H3. The van der Waals surface area contributed by atoms with Gasteiger partial charge in [-0.25, -0.2) is 0 Å². The third-order valence-corrected chi connectivity index (χ3v) is 19.5. The molecule has 4 aliphatic rings. The highest BCUT2D eigenvalue weighted by Crippen LogP contribution is 2.30. The van der Waals surface area contributed by atoms with Crippen molar-refractivity contribution in [3.05, 3.63) is 0 Å². The van der Waals surface area contributed by atoms with E-state index in [0.717, 1.165) is 36.2 Å². The van der Waals surface area contributed by atoms with Gasteiger partial charge in [0.15, 0.2) is 0 Å². The van der Waals surface area contributed by atoms with Gasteiger partial charge in [0.25, 0.3) is 0 Å². The highest BCUT2D eigenvalue weighted by Gasteiger charge is 2.23. The molecular weight excluding hydrogens is 1070 g/mol. The Morgan fingerprint density at radius 3 is 0.733 bits per heavy atom. The molecule has 0 aromatic rings. The van der Waals surface area contributed by atoms with E-state index in [9.17, 15) is 0 Å². The average molecular weight is 1230 g/mol. The smallest absolute Gasteiger partial charge is 0.0602 e. The van der Waals surface area contributed by atoms with Crippen molar-refractivity contribution in [3.63, 3.8) is 0 Å². The summed E-state index contributed by atoms with van der Waals surface area (Å²) in [5, 5.41) is 0. The van der Waals surface area contributed by atoms with E-state index in [1.807, 2.05) is 35.4 Å². The molecule has 9 nitrogen and oxygen atoms in total. The molecular formula is C77H164O9. The molecule has 0 bridgehead atoms. The van der Waals surface area contributed by atoms with E-state index < -0.39 is 0 Å². The maximum absolute atomic E-state index is 5.70. The van der Waals surface area contributed by atoms with Gasteiger partial charge in [0.05, 0.1) is 66.6 Å². The monoisotopic (exact) mass is 1230 g/mol. The zero-order valence-corrected chi connectivity index (χ0v) is 64.7. The third-order valence-electron chi connectivity index (χ3n) is 19.5. The molecule has 9 heteroatoms. The van der Waals surface area contributed by atoms with Gasteiger partial charge in [0.2, 0.25) is 0 Å². The Bertz CT molecular complexity index is 1290. The maximum atomic E-state index is 5.70. The lowest BCUT2D eigenvalue weighted by molar-refractivity contribution is -0.0698. The number of hydrogen-bond donors (Lipinski definition) is 0. The quantitative estimate of drug-likeness (QED) is 0.0985. The number of methoxy groups -OCH3 is 6. The van der Waals surface area contributed by atoms with Crippen molar-refractivity contribution in [1.29, 1.82) is 0 Å². The van der Waals surface area contributed by atoms with E-state index in [4.69, 9.17) is 42.6 Å². The van der Waals surface area contributed by atoms with Crippen LogP contribution in [-0.2, 0) is 42.6 Å². The van der Waals surface area contributed by atoms with Crippen molar-refractivity contribution < 1.29 is 42.6 Å². The molecule has 0 aromatic carbocycles. The first-order chi connectivity index (χ1) is 40.2. The summed E-state index contributed by atoms with van der Waals surface area (Å²) in [7, 11) is 10.8. The van der Waals surface area contributed by atoms with E-state index in [0.29, 0.717) is 90.6 Å². The van der Waals surface area contributed by atoms with Gasteiger partial charge in [-0.15, -0.1) is 0 Å². The molecule has 526 valence electrons. The SMILES string of the molecule is CC(C)C(C)OC(C)(C)C.CC(C)OC(C)C(C)C.CCC(C)C(C)OC.CCOC(C)C(C)C.COC(C)C(C)C(C)C.COC(C)C1CCCC1.COC(C)C1CCCCC1.COC(C)C1CCCCCC1.COC(C)C1CCCCCCC1. The molecule has 0 amide bonds. The molecule has 0 N–H and O–H groups in total. The number of hydrogen-bond acceptors (Lipinski definition) is 9. The van der Waals surface area contributed by atoms with E-state index in [1.165, 1.54) is 148 Å². The highest BCUT2D eigenvalue weighted by molar-refractivity contribution is 4.74. The Morgan fingerprint density at radius 1 is 0.314 bits per heavy atom. The van der Waals surface area contributed by atoms with Crippen LogP contribution in [0.15, 0.2) is 0 Å². The summed E-state index contributed by atoms with van der Waals surface area (Å²) >= 11 is 0. The first kappa shape index (κ1) is 94.3. The van der Waals surface area contributed by atoms with Gasteiger partial charge in [-0.3, -0.25) is 0 Å². The van der Waals surface area contributed by atoms with Crippen LogP contribution in [0.2, 0.25) is 0 Å². The summed E-state index contributed by atoms with van der Waals surface area (Å²) in [6.07, 6.45) is 36.5. The van der Waals surface area contributed by atoms with Gasteiger partial charge in [-0.05, 0) is 214 Å². The predicted molar refractivity (Wildman–Crippen MR) is 379 cm³/mol. The summed E-state index contributed by atoms with van der Waals surface area (Å²) in [5.74, 6) is 7.34. The molecule has 11 atom stereocenters. The van der Waals surface area contributed by atoms with Crippen LogP contribution in [0.25, 0.3) is 0 Å². The Labute approximate surface area is 543 Å². The molecule has 4 aliphatic carbocycles. The van der Waals surface area contributed by atoms with Crippen LogP contribution >= 0.6 is 0 Å². The second-order valence-electron chi connectivity index (χ2n) is 29.2. The average Bonchev–Trinajstić information content (AvgIpc) is 3.92. The van der Waals surface area contributed by atoms with Crippen molar-refractivity contribution in [1.82, 2.24) is 0 Å². The van der Waals surface area contributed by atoms with Crippen LogP contribution in [0.4, 0.5) is 0 Å². The molecule has 11 unspecified atom stereocenters. The van der Waals surface area contributed by atoms with Gasteiger partial charge >= 0.3 is 0 Å². The minimum atomic E-state index is 0.00366. The Hall–Kier alpha value is -0.360. The van der Waals surface area contributed by atoms with Gasteiger partial charge in [-0.2, -0.15) is 0 Å². The Balaban J connectivity index is -0.000000287. The Morgan fingerprint density at radius 2 is 0.581 bits per heavy atom. The van der Waals surface area contributed by atoms with E-state index >= 15 is 0 Å². The van der Waals surface area contributed by atoms with Gasteiger partial charge in [0.1, 0.15) is 0 Å². The van der Waals surface area contributed by atoms with E-state index in [1.54, 1.807) is 14.2 Å². The van der Waals surface area contributed by atoms with Crippen molar-refractivity contribution in [3.8, 4) is 0 Å². The zero-order valence-electron chi connectivity index (χ0n) is 64.7. The fourth-order valence-corrected chi connectivity index (χ4v) is 10.6. The first-order valence-electron chi connectivity index (χ1n) is 36.3. The largest absolute Gasteiger partial charge is 0.381 e. The molecule has 0 aliphatic heterocycles. The molecule has 0 aromatic heterocycles. The zero-order chi connectivity index (χ0) is 67.4. The molecule has 86 heavy (non-hydrogen) atoms. The summed E-state index contributed by atoms with van der Waals surface area (Å²) in [5.41, 5.74) is 0.00366. The lowest BCUT2D eigenvalue weighted by Crippen LogP contribution is -2.28. The highest BCUT2D eigenvalue weighted by atomic mass is 16.5. The van der Waals surface area contributed by atoms with Crippen LogP contribution in [0, 0.1) is 59.2 Å². The fraction of sp³-hybridized carbons (Fsp3) is 1.00. The number of ether oxygens (including phenoxy) is 9. The minimum Gasteiger partial charge on any atom is -0.381 e. The normalized spacial score (nSPS) is 20.3. The molecule has 4 saturated carbocycles. The Kier molecular flexibility index (Phi) is 66.8. The van der Waals surface area contributed by atoms with Gasteiger partial charge < -0.3 is 42.6 Å². The van der Waals surface area contributed by atoms with Crippen molar-refractivity contribution >= 4 is 0 Å². The molecule has 4 rings (SSSR count). The lowest BCUT2D eigenvalue weighted by atomic mass is 9.86. The lowest BCUT2D eigenvalue weighted by Gasteiger charge is -2.27. The van der Waals surface area contributed by atoms with Crippen LogP contribution < -0.4 is 0 Å². The van der Waals surface area contributed by atoms with Crippen molar-refractivity contribution in [2.75, 3.05) is 49.3 Å². The summed E-state index contributed by atoms with van der Waals surface area (Å²) in [6.45, 7) is 56.7. The summed E-state index contributed by atoms with van der Waals surface area (Å²) < 4.78 is 48.0. The maximum Gasteiger partial charge on any atom is 0.0602 e. The molecule has 0 heterocycles. The van der Waals surface area contributed by atoms with Crippen molar-refractivity contribution in [2.24, 2.45) is 59.2 Å². The first-order valence-corrected chi connectivity index (χ1v) is 36.3. The van der Waals surface area contributed by atoms with E-state index in [2.05, 4.69) is 173 Å². The molecule has 0 radical (unpaired) electrons. The van der Waals surface area contributed by atoms with Crippen LogP contribution in [0.5, 0.6) is 0 Å². The number of rotatable bonds is 22. The second-order valence-corrected chi connectivity index (χ2v) is 29.2. The predicted octanol–water partition coefficient (Wildman–Crippen LogP) is 22.9. The third kappa shape index (κ3) is 57.5. The second kappa shape index (κ2) is 60.9. The molecule has 0 spiro atoms. The summed E-state index contributed by atoms with van der Waals surface area (Å²) in [4.78, 5) is 0. The van der Waals surface area contributed by atoms with Crippen LogP contribution in [0.1, 0.15) is 328 Å². The van der Waals surface area contributed by atoms with Gasteiger partial charge in [0, 0.05) is 49.3 Å². The molecule has 0 saturated heterocycles. The topological polar surface area (TPSA) is 83.1 Å². The van der Waals surface area contributed by atoms with Crippen LogP contribution in [-0.4, -0.2) is 116 Å². The van der Waals surface area contributed by atoms with E-state index in [-0.39, 0.29) is 5.60 Å². The fourth-order valence-electron chi connectivity index (χ4n) is 10.6. The summed E-state index contributed by atoms with van der Waals surface area (Å²) in [6, 6.07) is 0. The van der Waals surface area contributed by atoms with Crippen LogP contribution in [0.3, 0.4) is 0 Å². The molecule has 4 fully saturated rings. The van der Waals surface area contributed by atoms with Crippen molar-refractivity contribution in [2.45, 2.75) is 394 Å². The van der Waals surface area contributed by atoms with Gasteiger partial charge in [-0.1, -0.05) is 172 Å².